The summed E-state index contributed by atoms with van der Waals surface area (Å²) in [6, 6.07) is 10.8. The Kier molecular flexibility index (Phi) is 7.11. The third-order valence-corrected chi connectivity index (χ3v) is 5.65. The van der Waals surface area contributed by atoms with Crippen molar-refractivity contribution < 1.29 is 9.59 Å². The van der Waals surface area contributed by atoms with E-state index in [1.807, 2.05) is 15.9 Å². The van der Waals surface area contributed by atoms with Crippen LogP contribution in [0.5, 0.6) is 0 Å². The molecule has 3 amide bonds. The topological polar surface area (TPSA) is 85.2 Å². The highest BCUT2D eigenvalue weighted by atomic mass is 16.2. The van der Waals surface area contributed by atoms with Crippen LogP contribution < -0.4 is 16.0 Å². The second-order valence-corrected chi connectivity index (χ2v) is 7.62. The number of hydrogen-bond acceptors (Lipinski definition) is 5. The lowest BCUT2D eigenvalue weighted by Gasteiger charge is -2.39. The molecule has 2 aliphatic heterocycles. The maximum absolute atomic E-state index is 12.4. The van der Waals surface area contributed by atoms with E-state index < -0.39 is 0 Å². The molecule has 1 atom stereocenters. The van der Waals surface area contributed by atoms with Crippen molar-refractivity contribution in [2.45, 2.75) is 13.0 Å². The second kappa shape index (κ2) is 9.75. The van der Waals surface area contributed by atoms with Gasteiger partial charge in [-0.05, 0) is 19.1 Å². The minimum absolute atomic E-state index is 0.0199. The normalized spacial score (nSPS) is 20.0. The number of nitrogens with zero attached hydrogens (tertiary/aromatic N) is 4. The monoisotopic (exact) mass is 388 g/mol. The van der Waals surface area contributed by atoms with Crippen LogP contribution in [0, 0.1) is 0 Å². The maximum atomic E-state index is 12.4. The summed E-state index contributed by atoms with van der Waals surface area (Å²) in [5, 5.41) is 3.07. The number of hydrogen-bond donors (Lipinski definition) is 2. The van der Waals surface area contributed by atoms with E-state index in [2.05, 4.69) is 46.3 Å². The first kappa shape index (κ1) is 20.4. The molecule has 0 saturated carbocycles. The summed E-state index contributed by atoms with van der Waals surface area (Å²) in [6.45, 7) is 9.72. The molecule has 1 aromatic rings. The number of nitrogens with one attached hydrogen (secondary N) is 1. The zero-order valence-corrected chi connectivity index (χ0v) is 16.7. The van der Waals surface area contributed by atoms with Crippen molar-refractivity contribution in [2.24, 2.45) is 5.73 Å². The van der Waals surface area contributed by atoms with E-state index in [9.17, 15) is 9.59 Å². The van der Waals surface area contributed by atoms with E-state index in [1.165, 1.54) is 5.69 Å². The lowest BCUT2D eigenvalue weighted by atomic mass is 10.2. The third kappa shape index (κ3) is 5.59. The Balaban J connectivity index is 1.36. The van der Waals surface area contributed by atoms with Crippen LogP contribution in [0.15, 0.2) is 30.3 Å². The van der Waals surface area contributed by atoms with Gasteiger partial charge < -0.3 is 20.9 Å². The first-order valence-electron chi connectivity index (χ1n) is 10.1. The standard InChI is InChI=1S/C20H32N6O2/c1-17(24-11-13-25(14-12-24)18-5-3-2-4-6-18)15-22-20(28)26-9-7-23(8-10-26)16-19(21)27/h2-6,17H,7-16H2,1H3,(H2,21,27)(H,22,28)/t17-/m0/s1. The first-order valence-corrected chi connectivity index (χ1v) is 10.1. The minimum Gasteiger partial charge on any atom is -0.369 e. The molecule has 0 spiro atoms. The van der Waals surface area contributed by atoms with E-state index >= 15 is 0 Å². The van der Waals surface area contributed by atoms with Crippen LogP contribution in [-0.4, -0.2) is 98.1 Å². The van der Waals surface area contributed by atoms with Gasteiger partial charge in [0.15, 0.2) is 0 Å². The number of urea groups is 1. The molecule has 0 aliphatic carbocycles. The summed E-state index contributed by atoms with van der Waals surface area (Å²) in [7, 11) is 0. The Bertz CT molecular complexity index is 639. The van der Waals surface area contributed by atoms with Crippen molar-refractivity contribution in [2.75, 3.05) is 70.3 Å². The number of para-hydroxylation sites is 1. The molecule has 154 valence electrons. The fraction of sp³-hybridized carbons (Fsp3) is 0.600. The highest BCUT2D eigenvalue weighted by Gasteiger charge is 2.24. The van der Waals surface area contributed by atoms with Crippen molar-refractivity contribution in [1.82, 2.24) is 20.0 Å². The van der Waals surface area contributed by atoms with Gasteiger partial charge in [0, 0.05) is 70.6 Å². The minimum atomic E-state index is -0.320. The largest absolute Gasteiger partial charge is 0.369 e. The van der Waals surface area contributed by atoms with Gasteiger partial charge in [-0.1, -0.05) is 18.2 Å². The Morgan fingerprint density at radius 2 is 1.64 bits per heavy atom. The number of amides is 3. The molecule has 0 bridgehead atoms. The van der Waals surface area contributed by atoms with E-state index in [4.69, 9.17) is 5.73 Å². The van der Waals surface area contributed by atoms with Crippen LogP contribution in [0.2, 0.25) is 0 Å². The SMILES string of the molecule is C[C@@H](CNC(=O)N1CCN(CC(N)=O)CC1)N1CCN(c2ccccc2)CC1. The Morgan fingerprint density at radius 1 is 1.00 bits per heavy atom. The molecule has 2 heterocycles. The predicted molar refractivity (Wildman–Crippen MR) is 110 cm³/mol. The van der Waals surface area contributed by atoms with Crippen LogP contribution in [0.3, 0.4) is 0 Å². The molecule has 8 nitrogen and oxygen atoms in total. The Morgan fingerprint density at radius 3 is 2.25 bits per heavy atom. The fourth-order valence-electron chi connectivity index (χ4n) is 3.87. The molecule has 1 aromatic carbocycles. The quantitative estimate of drug-likeness (QED) is 0.717. The molecular formula is C20H32N6O2. The molecule has 28 heavy (non-hydrogen) atoms. The van der Waals surface area contributed by atoms with Gasteiger partial charge in [-0.25, -0.2) is 4.79 Å². The second-order valence-electron chi connectivity index (χ2n) is 7.62. The Hall–Kier alpha value is -2.32. The van der Waals surface area contributed by atoms with E-state index in [1.54, 1.807) is 0 Å². The van der Waals surface area contributed by atoms with Gasteiger partial charge in [0.05, 0.1) is 6.54 Å². The molecule has 3 N–H and O–H groups in total. The summed E-state index contributed by atoms with van der Waals surface area (Å²) in [6.07, 6.45) is 0. The van der Waals surface area contributed by atoms with Gasteiger partial charge in [-0.2, -0.15) is 0 Å². The molecule has 2 saturated heterocycles. The Labute approximate surface area is 167 Å². The van der Waals surface area contributed by atoms with Gasteiger partial charge in [0.1, 0.15) is 0 Å². The number of benzene rings is 1. The van der Waals surface area contributed by atoms with Crippen LogP contribution in [-0.2, 0) is 4.79 Å². The lowest BCUT2D eigenvalue weighted by molar-refractivity contribution is -0.119. The molecule has 3 rings (SSSR count). The average molecular weight is 389 g/mol. The van der Waals surface area contributed by atoms with Crippen LogP contribution in [0.1, 0.15) is 6.92 Å². The molecule has 0 aromatic heterocycles. The van der Waals surface area contributed by atoms with Gasteiger partial charge in [-0.15, -0.1) is 0 Å². The number of carbonyl (C=O) groups is 2. The zero-order valence-electron chi connectivity index (χ0n) is 16.7. The number of carbonyl (C=O) groups excluding carboxylic acids is 2. The van der Waals surface area contributed by atoms with Gasteiger partial charge in [0.2, 0.25) is 5.91 Å². The van der Waals surface area contributed by atoms with Crippen molar-refractivity contribution in [3.05, 3.63) is 30.3 Å². The smallest absolute Gasteiger partial charge is 0.317 e. The number of piperazine rings is 2. The maximum Gasteiger partial charge on any atom is 0.317 e. The molecule has 0 radical (unpaired) electrons. The molecule has 8 heteroatoms. The van der Waals surface area contributed by atoms with Crippen molar-refractivity contribution >= 4 is 17.6 Å². The summed E-state index contributed by atoms with van der Waals surface area (Å²) >= 11 is 0. The van der Waals surface area contributed by atoms with Crippen LogP contribution in [0.4, 0.5) is 10.5 Å². The molecule has 0 unspecified atom stereocenters. The number of rotatable bonds is 6. The molecular weight excluding hydrogens is 356 g/mol. The zero-order chi connectivity index (χ0) is 19.9. The number of anilines is 1. The van der Waals surface area contributed by atoms with Crippen molar-refractivity contribution in [1.29, 1.82) is 0 Å². The molecule has 2 fully saturated rings. The predicted octanol–water partition coefficient (Wildman–Crippen LogP) is 0.00960. The molecule has 2 aliphatic rings. The fourth-order valence-corrected chi connectivity index (χ4v) is 3.87. The summed E-state index contributed by atoms with van der Waals surface area (Å²) in [4.78, 5) is 32.1. The average Bonchev–Trinajstić information content (AvgIpc) is 2.72. The van der Waals surface area contributed by atoms with Gasteiger partial charge in [-0.3, -0.25) is 14.6 Å². The summed E-state index contributed by atoms with van der Waals surface area (Å²) in [5.41, 5.74) is 6.51. The van der Waals surface area contributed by atoms with E-state index in [0.717, 1.165) is 26.2 Å². The van der Waals surface area contributed by atoms with Crippen LogP contribution in [0.25, 0.3) is 0 Å². The highest BCUT2D eigenvalue weighted by Crippen LogP contribution is 2.16. The van der Waals surface area contributed by atoms with Gasteiger partial charge >= 0.3 is 6.03 Å². The van der Waals surface area contributed by atoms with E-state index in [-0.39, 0.29) is 18.5 Å². The van der Waals surface area contributed by atoms with Gasteiger partial charge in [0.25, 0.3) is 0 Å². The number of nitrogens with two attached hydrogens (primary N) is 1. The van der Waals surface area contributed by atoms with Crippen molar-refractivity contribution in [3.63, 3.8) is 0 Å². The van der Waals surface area contributed by atoms with E-state index in [0.29, 0.717) is 38.8 Å². The number of primary amides is 1. The highest BCUT2D eigenvalue weighted by molar-refractivity contribution is 5.76. The summed E-state index contributed by atoms with van der Waals surface area (Å²) in [5.74, 6) is -0.320. The van der Waals surface area contributed by atoms with Crippen molar-refractivity contribution in [3.8, 4) is 0 Å². The van der Waals surface area contributed by atoms with Crippen LogP contribution >= 0.6 is 0 Å². The summed E-state index contributed by atoms with van der Waals surface area (Å²) < 4.78 is 0. The third-order valence-electron chi connectivity index (χ3n) is 5.65. The lowest BCUT2D eigenvalue weighted by Crippen LogP contribution is -2.56. The first-order chi connectivity index (χ1) is 13.5.